The summed E-state index contributed by atoms with van der Waals surface area (Å²) >= 11 is 0. The minimum atomic E-state index is -2.63. The summed E-state index contributed by atoms with van der Waals surface area (Å²) in [6.45, 7) is 0. The molecule has 6 rings (SSSR count). The molecule has 0 spiro atoms. The maximum atomic E-state index is 13.5. The number of nitrogens with two attached hydrogens (primary N) is 1. The van der Waals surface area contributed by atoms with Crippen molar-refractivity contribution in [1.29, 1.82) is 0 Å². The van der Waals surface area contributed by atoms with Gasteiger partial charge in [0.2, 0.25) is 11.8 Å². The Morgan fingerprint density at radius 1 is 1.18 bits per heavy atom. The Bertz CT molecular complexity index is 1080. The van der Waals surface area contributed by atoms with Gasteiger partial charge >= 0.3 is 0 Å². The first-order valence-electron chi connectivity index (χ1n) is 11.8. The van der Waals surface area contributed by atoms with Crippen molar-refractivity contribution in [3.8, 4) is 0 Å². The second-order valence-corrected chi connectivity index (χ2v) is 10.6. The number of halogens is 4. The molecule has 4 fully saturated rings. The van der Waals surface area contributed by atoms with Gasteiger partial charge < -0.3 is 11.1 Å². The van der Waals surface area contributed by atoms with Crippen molar-refractivity contribution in [2.24, 2.45) is 35.3 Å². The Morgan fingerprint density at radius 2 is 1.88 bits per heavy atom. The summed E-state index contributed by atoms with van der Waals surface area (Å²) in [5, 5.41) is 7.45. The summed E-state index contributed by atoms with van der Waals surface area (Å²) in [5.41, 5.74) is 8.43. The van der Waals surface area contributed by atoms with E-state index in [2.05, 4.69) is 15.4 Å². The summed E-state index contributed by atoms with van der Waals surface area (Å²) < 4.78 is 54.8. The van der Waals surface area contributed by atoms with Crippen LogP contribution in [0, 0.1) is 29.6 Å². The molecule has 2 unspecified atom stereocenters. The van der Waals surface area contributed by atoms with E-state index < -0.39 is 29.7 Å². The van der Waals surface area contributed by atoms with Crippen LogP contribution in [-0.2, 0) is 4.79 Å². The lowest BCUT2D eigenvalue weighted by Gasteiger charge is -2.34. The van der Waals surface area contributed by atoms with Crippen LogP contribution in [0.25, 0.3) is 5.65 Å². The molecule has 2 aromatic heterocycles. The van der Waals surface area contributed by atoms with Crippen molar-refractivity contribution in [1.82, 2.24) is 19.9 Å². The van der Waals surface area contributed by atoms with E-state index in [4.69, 9.17) is 5.73 Å². The Labute approximate surface area is 188 Å². The van der Waals surface area contributed by atoms with Crippen LogP contribution in [0.4, 0.5) is 17.6 Å². The van der Waals surface area contributed by atoms with Gasteiger partial charge in [0.25, 0.3) is 5.92 Å². The van der Waals surface area contributed by atoms with Gasteiger partial charge in [-0.05, 0) is 55.1 Å². The zero-order valence-electron chi connectivity index (χ0n) is 18.1. The summed E-state index contributed by atoms with van der Waals surface area (Å²) in [4.78, 5) is 17.1. The molecule has 4 aliphatic carbocycles. The largest absolute Gasteiger partial charge is 0.349 e. The summed E-state index contributed by atoms with van der Waals surface area (Å²) in [6, 6.07) is 1.22. The third-order valence-corrected chi connectivity index (χ3v) is 8.11. The minimum Gasteiger partial charge on any atom is -0.349 e. The SMILES string of the molecule is N[C@H](c1cn2ncc(C(NC(=O)CC3CC(F)(F)C3)C3CC3)cc2n1)C1C[C@@H]2[C@H](C1)C2(F)F. The molecule has 33 heavy (non-hydrogen) atoms. The van der Waals surface area contributed by atoms with Crippen LogP contribution < -0.4 is 11.1 Å². The van der Waals surface area contributed by atoms with Gasteiger partial charge in [0, 0.05) is 31.1 Å². The standard InChI is InChI=1S/C23H27F4N5O/c24-22(25)7-11(8-22)3-19(33)31-21(12-1-2-12)14-6-18-30-17(10-32(18)29-9-14)20(28)13-4-15-16(5-13)23(15,26)27/h6,9-13,15-16,20-21H,1-5,7-8,28H2,(H,31,33)/t13?,15-,16+,20-,21?/m0/s1. The highest BCUT2D eigenvalue weighted by Crippen LogP contribution is 2.66. The fraction of sp³-hybridized carbons (Fsp3) is 0.696. The predicted molar refractivity (Wildman–Crippen MR) is 110 cm³/mol. The molecule has 1 amide bonds. The molecular weight excluding hydrogens is 438 g/mol. The van der Waals surface area contributed by atoms with Crippen LogP contribution in [-0.4, -0.2) is 32.4 Å². The number of nitrogens with one attached hydrogen (secondary N) is 1. The average molecular weight is 465 g/mol. The van der Waals surface area contributed by atoms with Crippen LogP contribution in [0.15, 0.2) is 18.5 Å². The Hall–Kier alpha value is -2.23. The smallest absolute Gasteiger partial charge is 0.254 e. The number of aromatic nitrogens is 3. The number of carbonyl (C=O) groups excluding carboxylic acids is 1. The van der Waals surface area contributed by atoms with Gasteiger partial charge in [0.1, 0.15) is 0 Å². The van der Waals surface area contributed by atoms with E-state index in [-0.39, 0.29) is 43.0 Å². The second kappa shape index (κ2) is 7.13. The number of imidazole rings is 1. The summed E-state index contributed by atoms with van der Waals surface area (Å²) in [5.74, 6) is -6.42. The Balaban J connectivity index is 1.14. The molecule has 0 bridgehead atoms. The lowest BCUT2D eigenvalue weighted by molar-refractivity contribution is -0.134. The topological polar surface area (TPSA) is 85.3 Å². The normalized spacial score (nSPS) is 31.6. The predicted octanol–water partition coefficient (Wildman–Crippen LogP) is 4.02. The maximum absolute atomic E-state index is 13.5. The molecule has 0 saturated heterocycles. The van der Waals surface area contributed by atoms with Crippen molar-refractivity contribution in [3.63, 3.8) is 0 Å². The number of alkyl halides is 4. The van der Waals surface area contributed by atoms with Crippen LogP contribution in [0.2, 0.25) is 0 Å². The van der Waals surface area contributed by atoms with Gasteiger partial charge in [-0.1, -0.05) is 0 Å². The van der Waals surface area contributed by atoms with Gasteiger partial charge in [-0.15, -0.1) is 0 Å². The van der Waals surface area contributed by atoms with Crippen molar-refractivity contribution >= 4 is 11.6 Å². The van der Waals surface area contributed by atoms with E-state index >= 15 is 0 Å². The van der Waals surface area contributed by atoms with Gasteiger partial charge in [0.15, 0.2) is 5.65 Å². The number of hydrogen-bond donors (Lipinski definition) is 2. The fourth-order valence-corrected chi connectivity index (χ4v) is 5.95. The van der Waals surface area contributed by atoms with Crippen molar-refractivity contribution in [2.75, 3.05) is 0 Å². The highest BCUT2D eigenvalue weighted by molar-refractivity contribution is 5.77. The number of fused-ring (bicyclic) bond motifs is 2. The van der Waals surface area contributed by atoms with Gasteiger partial charge in [-0.3, -0.25) is 4.79 Å². The maximum Gasteiger partial charge on any atom is 0.254 e. The molecule has 4 saturated carbocycles. The lowest BCUT2D eigenvalue weighted by Crippen LogP contribution is -2.39. The molecule has 6 nitrogen and oxygen atoms in total. The first-order valence-corrected chi connectivity index (χ1v) is 11.8. The monoisotopic (exact) mass is 465 g/mol. The van der Waals surface area contributed by atoms with Crippen molar-refractivity contribution < 1.29 is 22.4 Å². The molecule has 178 valence electrons. The van der Waals surface area contributed by atoms with E-state index in [9.17, 15) is 22.4 Å². The van der Waals surface area contributed by atoms with Crippen LogP contribution in [0.3, 0.4) is 0 Å². The van der Waals surface area contributed by atoms with Gasteiger partial charge in [-0.2, -0.15) is 5.10 Å². The molecule has 10 heteroatoms. The summed E-state index contributed by atoms with van der Waals surface area (Å²) in [6.07, 6.45) is 5.91. The quantitative estimate of drug-likeness (QED) is 0.605. The number of amides is 1. The molecule has 4 aliphatic rings. The van der Waals surface area contributed by atoms with E-state index in [0.717, 1.165) is 18.4 Å². The Morgan fingerprint density at radius 3 is 2.52 bits per heavy atom. The van der Waals surface area contributed by atoms with Crippen LogP contribution in [0.5, 0.6) is 0 Å². The van der Waals surface area contributed by atoms with Gasteiger partial charge in [0.05, 0.1) is 30.2 Å². The first-order chi connectivity index (χ1) is 15.6. The molecule has 2 heterocycles. The number of carbonyl (C=O) groups is 1. The van der Waals surface area contributed by atoms with E-state index in [1.807, 2.05) is 6.07 Å². The van der Waals surface area contributed by atoms with E-state index in [1.165, 1.54) is 0 Å². The van der Waals surface area contributed by atoms with Crippen LogP contribution in [0.1, 0.15) is 68.3 Å². The van der Waals surface area contributed by atoms with Crippen molar-refractivity contribution in [2.45, 2.75) is 68.9 Å². The third kappa shape index (κ3) is 3.80. The zero-order chi connectivity index (χ0) is 23.1. The molecule has 5 atom stereocenters. The minimum absolute atomic E-state index is 0.0126. The fourth-order valence-electron chi connectivity index (χ4n) is 5.95. The van der Waals surface area contributed by atoms with Gasteiger partial charge in [-0.25, -0.2) is 27.1 Å². The summed E-state index contributed by atoms with van der Waals surface area (Å²) in [7, 11) is 0. The van der Waals surface area contributed by atoms with Crippen molar-refractivity contribution in [3.05, 3.63) is 29.7 Å². The number of hydrogen-bond acceptors (Lipinski definition) is 4. The lowest BCUT2D eigenvalue weighted by atomic mass is 9.79. The molecule has 3 N–H and O–H groups in total. The highest BCUT2D eigenvalue weighted by Gasteiger charge is 2.71. The number of rotatable bonds is 7. The van der Waals surface area contributed by atoms with Crippen LogP contribution >= 0.6 is 0 Å². The zero-order valence-corrected chi connectivity index (χ0v) is 18.1. The molecule has 0 aliphatic heterocycles. The Kier molecular flexibility index (Phi) is 4.61. The molecular formula is C23H27F4N5O. The third-order valence-electron chi connectivity index (χ3n) is 8.11. The average Bonchev–Trinajstić information content (AvgIpc) is 3.49. The number of nitrogens with zero attached hydrogens (tertiary/aromatic N) is 3. The molecule has 2 aromatic rings. The van der Waals surface area contributed by atoms with E-state index in [0.29, 0.717) is 30.1 Å². The molecule has 0 aromatic carbocycles. The highest BCUT2D eigenvalue weighted by atomic mass is 19.3. The van der Waals surface area contributed by atoms with E-state index in [1.54, 1.807) is 16.9 Å². The first kappa shape index (κ1) is 21.3. The second-order valence-electron chi connectivity index (χ2n) is 10.6. The molecule has 0 radical (unpaired) electrons.